The molecule has 108 valence electrons. The largest absolute Gasteiger partial charge is 0.459 e. The molecule has 2 nitrogen and oxygen atoms in total. The van der Waals surface area contributed by atoms with Gasteiger partial charge in [0.1, 0.15) is 11.3 Å². The monoisotopic (exact) mass is 299 g/mol. The summed E-state index contributed by atoms with van der Waals surface area (Å²) in [4.78, 5) is 0. The number of aryl methyl sites for hydroxylation is 2. The van der Waals surface area contributed by atoms with Crippen molar-refractivity contribution in [2.45, 2.75) is 25.8 Å². The van der Waals surface area contributed by atoms with Gasteiger partial charge in [0.25, 0.3) is 0 Å². The van der Waals surface area contributed by atoms with Crippen LogP contribution in [-0.2, 0) is 6.42 Å². The molecule has 2 N–H and O–H groups in total. The van der Waals surface area contributed by atoms with Crippen LogP contribution in [0.1, 0.15) is 29.3 Å². The van der Waals surface area contributed by atoms with Crippen LogP contribution in [0.25, 0.3) is 11.0 Å². The van der Waals surface area contributed by atoms with Crippen molar-refractivity contribution in [3.63, 3.8) is 0 Å². The third-order valence-electron chi connectivity index (χ3n) is 3.73. The molecule has 1 atom stereocenters. The van der Waals surface area contributed by atoms with E-state index in [0.717, 1.165) is 29.6 Å². The Morgan fingerprint density at radius 2 is 1.86 bits per heavy atom. The molecule has 3 aromatic rings. The summed E-state index contributed by atoms with van der Waals surface area (Å²) in [6.07, 6.45) is 1.80. The van der Waals surface area contributed by atoms with Gasteiger partial charge in [0.15, 0.2) is 0 Å². The van der Waals surface area contributed by atoms with E-state index in [9.17, 15) is 0 Å². The average Bonchev–Trinajstić information content (AvgIpc) is 2.89. The number of furan rings is 1. The molecule has 0 spiro atoms. The highest BCUT2D eigenvalue weighted by atomic mass is 35.5. The summed E-state index contributed by atoms with van der Waals surface area (Å²) in [5.41, 5.74) is 9.66. The van der Waals surface area contributed by atoms with Crippen molar-refractivity contribution in [2.75, 3.05) is 0 Å². The number of fused-ring (bicyclic) bond motifs is 1. The van der Waals surface area contributed by atoms with Gasteiger partial charge >= 0.3 is 0 Å². The first kappa shape index (κ1) is 14.2. The second-order valence-corrected chi connectivity index (χ2v) is 5.90. The molecule has 3 rings (SSSR count). The molecule has 3 heteroatoms. The fraction of sp³-hybridized carbons (Fsp3) is 0.222. The Balaban J connectivity index is 1.71. The number of hydrogen-bond acceptors (Lipinski definition) is 2. The quantitative estimate of drug-likeness (QED) is 0.734. The third kappa shape index (κ3) is 3.29. The summed E-state index contributed by atoms with van der Waals surface area (Å²) in [7, 11) is 0. The Morgan fingerprint density at radius 1 is 1.10 bits per heavy atom. The maximum Gasteiger partial charge on any atom is 0.134 e. The van der Waals surface area contributed by atoms with Crippen LogP contribution < -0.4 is 5.73 Å². The lowest BCUT2D eigenvalue weighted by molar-refractivity contribution is 0.478. The van der Waals surface area contributed by atoms with Gasteiger partial charge in [-0.3, -0.25) is 0 Å². The molecule has 0 aliphatic carbocycles. The van der Waals surface area contributed by atoms with E-state index in [4.69, 9.17) is 21.8 Å². The molecule has 0 radical (unpaired) electrons. The van der Waals surface area contributed by atoms with Gasteiger partial charge in [-0.2, -0.15) is 0 Å². The lowest BCUT2D eigenvalue weighted by Crippen LogP contribution is -2.10. The molecular weight excluding hydrogens is 282 g/mol. The van der Waals surface area contributed by atoms with E-state index in [2.05, 4.69) is 31.2 Å². The van der Waals surface area contributed by atoms with E-state index < -0.39 is 0 Å². The maximum absolute atomic E-state index is 6.25. The van der Waals surface area contributed by atoms with Crippen molar-refractivity contribution in [1.82, 2.24) is 0 Å². The molecule has 1 heterocycles. The lowest BCUT2D eigenvalue weighted by atomic mass is 10.0. The molecule has 0 saturated carbocycles. The number of halogens is 1. The number of nitrogens with two attached hydrogens (primary N) is 1. The summed E-state index contributed by atoms with van der Waals surface area (Å²) >= 11 is 5.99. The van der Waals surface area contributed by atoms with Crippen LogP contribution in [0.15, 0.2) is 52.9 Å². The van der Waals surface area contributed by atoms with Crippen molar-refractivity contribution >= 4 is 22.6 Å². The van der Waals surface area contributed by atoms with Gasteiger partial charge in [-0.25, -0.2) is 0 Å². The van der Waals surface area contributed by atoms with Gasteiger partial charge in [0.2, 0.25) is 0 Å². The number of benzene rings is 2. The Kier molecular flexibility index (Phi) is 4.00. The van der Waals surface area contributed by atoms with Crippen LogP contribution in [-0.4, -0.2) is 0 Å². The first-order valence-electron chi connectivity index (χ1n) is 7.12. The Hall–Kier alpha value is -1.77. The molecule has 0 aliphatic heterocycles. The Morgan fingerprint density at radius 3 is 2.62 bits per heavy atom. The Labute approximate surface area is 129 Å². The van der Waals surface area contributed by atoms with Crippen LogP contribution >= 0.6 is 11.6 Å². The highest BCUT2D eigenvalue weighted by Gasteiger charge is 2.12. The fourth-order valence-electron chi connectivity index (χ4n) is 2.44. The van der Waals surface area contributed by atoms with Crippen LogP contribution in [0.3, 0.4) is 0 Å². The van der Waals surface area contributed by atoms with E-state index in [1.54, 1.807) is 0 Å². The van der Waals surface area contributed by atoms with E-state index >= 15 is 0 Å². The Bertz CT molecular complexity index is 746. The van der Waals surface area contributed by atoms with Crippen molar-refractivity contribution in [1.29, 1.82) is 0 Å². The van der Waals surface area contributed by atoms with E-state index in [0.29, 0.717) is 5.02 Å². The second kappa shape index (κ2) is 5.92. The predicted molar refractivity (Wildman–Crippen MR) is 87.7 cm³/mol. The minimum Gasteiger partial charge on any atom is -0.459 e. The van der Waals surface area contributed by atoms with Gasteiger partial charge in [0, 0.05) is 10.4 Å². The van der Waals surface area contributed by atoms with Crippen LogP contribution in [0.4, 0.5) is 0 Å². The lowest BCUT2D eigenvalue weighted by Gasteiger charge is -2.08. The minimum atomic E-state index is -0.0996. The molecule has 0 aliphatic rings. The first-order valence-corrected chi connectivity index (χ1v) is 7.50. The van der Waals surface area contributed by atoms with Crippen molar-refractivity contribution in [3.05, 3.63) is 70.4 Å². The fourth-order valence-corrected chi connectivity index (χ4v) is 2.62. The van der Waals surface area contributed by atoms with E-state index in [1.807, 2.05) is 24.3 Å². The molecule has 0 bridgehead atoms. The predicted octanol–water partition coefficient (Wildman–Crippen LogP) is 5.03. The van der Waals surface area contributed by atoms with Crippen molar-refractivity contribution in [2.24, 2.45) is 5.73 Å². The van der Waals surface area contributed by atoms with Crippen LogP contribution in [0.5, 0.6) is 0 Å². The maximum atomic E-state index is 6.25. The third-order valence-corrected chi connectivity index (χ3v) is 3.96. The van der Waals surface area contributed by atoms with Gasteiger partial charge in [-0.1, -0.05) is 41.4 Å². The van der Waals surface area contributed by atoms with Gasteiger partial charge in [-0.15, -0.1) is 0 Å². The first-order chi connectivity index (χ1) is 10.1. The van der Waals surface area contributed by atoms with Crippen molar-refractivity contribution < 1.29 is 4.42 Å². The normalized spacial score (nSPS) is 12.7. The summed E-state index contributed by atoms with van der Waals surface area (Å²) in [6, 6.07) is 16.1. The van der Waals surface area contributed by atoms with E-state index in [-0.39, 0.29) is 6.04 Å². The molecule has 0 fully saturated rings. The minimum absolute atomic E-state index is 0.0996. The van der Waals surface area contributed by atoms with Crippen LogP contribution in [0, 0.1) is 6.92 Å². The highest BCUT2D eigenvalue weighted by Crippen LogP contribution is 2.27. The molecular formula is C18H18ClNO. The summed E-state index contributed by atoms with van der Waals surface area (Å²) in [5.74, 6) is 0.819. The summed E-state index contributed by atoms with van der Waals surface area (Å²) in [6.45, 7) is 2.09. The topological polar surface area (TPSA) is 39.2 Å². The molecule has 1 aromatic heterocycles. The molecule has 0 amide bonds. The zero-order valence-corrected chi connectivity index (χ0v) is 12.7. The highest BCUT2D eigenvalue weighted by molar-refractivity contribution is 6.31. The summed E-state index contributed by atoms with van der Waals surface area (Å²) in [5, 5.41) is 1.71. The SMILES string of the molecule is Cc1ccc(CCC(N)c2cc3cc(Cl)ccc3o2)cc1. The van der Waals surface area contributed by atoms with Gasteiger partial charge in [-0.05, 0) is 49.6 Å². The van der Waals surface area contributed by atoms with Gasteiger partial charge < -0.3 is 10.2 Å². The summed E-state index contributed by atoms with van der Waals surface area (Å²) < 4.78 is 5.81. The standard InChI is InChI=1S/C18H18ClNO/c1-12-2-4-13(5-3-12)6-8-16(20)18-11-14-10-15(19)7-9-17(14)21-18/h2-5,7,9-11,16H,6,8,20H2,1H3. The second-order valence-electron chi connectivity index (χ2n) is 5.46. The molecule has 21 heavy (non-hydrogen) atoms. The molecule has 1 unspecified atom stereocenters. The zero-order chi connectivity index (χ0) is 14.8. The molecule has 2 aromatic carbocycles. The number of hydrogen-bond donors (Lipinski definition) is 1. The van der Waals surface area contributed by atoms with E-state index in [1.165, 1.54) is 11.1 Å². The van der Waals surface area contributed by atoms with Crippen molar-refractivity contribution in [3.8, 4) is 0 Å². The number of rotatable bonds is 4. The average molecular weight is 300 g/mol. The smallest absolute Gasteiger partial charge is 0.134 e. The van der Waals surface area contributed by atoms with Gasteiger partial charge in [0.05, 0.1) is 6.04 Å². The molecule has 0 saturated heterocycles. The zero-order valence-electron chi connectivity index (χ0n) is 12.0. The van der Waals surface area contributed by atoms with Crippen LogP contribution in [0.2, 0.25) is 5.02 Å².